The van der Waals surface area contributed by atoms with Gasteiger partial charge in [-0.1, -0.05) is 48.5 Å². The number of para-hydroxylation sites is 1. The highest BCUT2D eigenvalue weighted by Crippen LogP contribution is 2.29. The lowest BCUT2D eigenvalue weighted by Gasteiger charge is -2.14. The van der Waals surface area contributed by atoms with Gasteiger partial charge in [-0.3, -0.25) is 4.57 Å². The van der Waals surface area contributed by atoms with Crippen LogP contribution in [0.5, 0.6) is 0 Å². The zero-order valence-corrected chi connectivity index (χ0v) is 11.8. The summed E-state index contributed by atoms with van der Waals surface area (Å²) in [6.45, 7) is 0. The molecule has 3 rings (SSSR count). The third kappa shape index (κ3) is 2.48. The number of nitrogens with zero attached hydrogens (tertiary/aromatic N) is 3. The van der Waals surface area contributed by atoms with E-state index < -0.39 is 0 Å². The van der Waals surface area contributed by atoms with Crippen LogP contribution in [0.1, 0.15) is 11.1 Å². The molecule has 2 N–H and O–H groups in total. The quantitative estimate of drug-likeness (QED) is 0.750. The van der Waals surface area contributed by atoms with Crippen molar-refractivity contribution in [3.63, 3.8) is 0 Å². The number of nitriles is 1. The summed E-state index contributed by atoms with van der Waals surface area (Å²) in [4.78, 5) is 4.07. The molecule has 0 atom stereocenters. The third-order valence-corrected chi connectivity index (χ3v) is 3.42. The fourth-order valence-corrected chi connectivity index (χ4v) is 2.43. The van der Waals surface area contributed by atoms with Crippen LogP contribution in [0.4, 0.5) is 5.95 Å². The predicted octanol–water partition coefficient (Wildman–Crippen LogP) is 3.41. The van der Waals surface area contributed by atoms with Crippen LogP contribution in [-0.4, -0.2) is 9.55 Å². The van der Waals surface area contributed by atoms with Gasteiger partial charge in [0.05, 0.1) is 11.8 Å². The Morgan fingerprint density at radius 3 is 2.50 bits per heavy atom. The van der Waals surface area contributed by atoms with Crippen molar-refractivity contribution in [2.45, 2.75) is 0 Å². The maximum Gasteiger partial charge on any atom is 0.204 e. The van der Waals surface area contributed by atoms with Crippen molar-refractivity contribution in [1.29, 1.82) is 5.26 Å². The van der Waals surface area contributed by atoms with E-state index in [1.165, 1.54) is 0 Å². The normalized spacial score (nSPS) is 11.1. The van der Waals surface area contributed by atoms with Gasteiger partial charge in [-0.2, -0.15) is 5.26 Å². The molecule has 106 valence electrons. The molecule has 4 heteroatoms. The smallest absolute Gasteiger partial charge is 0.204 e. The standard InChI is InChI=1S/C18H14N4/c19-11-10-15(14-6-2-1-3-7-14)16-8-4-5-9-17(16)22-13-12-21-18(22)20/h1-10,12-13H,(H2,20,21). The van der Waals surface area contributed by atoms with Gasteiger partial charge < -0.3 is 5.73 Å². The van der Waals surface area contributed by atoms with Gasteiger partial charge in [0, 0.05) is 29.6 Å². The van der Waals surface area contributed by atoms with Gasteiger partial charge in [-0.05, 0) is 11.6 Å². The molecule has 0 saturated heterocycles. The lowest BCUT2D eigenvalue weighted by Crippen LogP contribution is -2.03. The summed E-state index contributed by atoms with van der Waals surface area (Å²) in [5.74, 6) is 0.414. The molecule has 0 aliphatic rings. The second kappa shape index (κ2) is 5.98. The summed E-state index contributed by atoms with van der Waals surface area (Å²) in [6, 6.07) is 19.8. The Bertz CT molecular complexity index is 854. The summed E-state index contributed by atoms with van der Waals surface area (Å²) in [6.07, 6.45) is 5.02. The first-order valence-electron chi connectivity index (χ1n) is 6.85. The molecular formula is C18H14N4. The van der Waals surface area contributed by atoms with Crippen molar-refractivity contribution in [2.24, 2.45) is 0 Å². The first kappa shape index (κ1) is 13.7. The van der Waals surface area contributed by atoms with Gasteiger partial charge in [-0.15, -0.1) is 0 Å². The molecule has 2 aromatic carbocycles. The average molecular weight is 286 g/mol. The fraction of sp³-hybridized carbons (Fsp3) is 0. The number of nitrogen functional groups attached to an aromatic ring is 1. The topological polar surface area (TPSA) is 67.6 Å². The Morgan fingerprint density at radius 2 is 1.82 bits per heavy atom. The molecule has 0 aliphatic carbocycles. The molecule has 1 heterocycles. The maximum absolute atomic E-state index is 9.17. The molecule has 22 heavy (non-hydrogen) atoms. The molecule has 0 amide bonds. The molecule has 0 saturated carbocycles. The maximum atomic E-state index is 9.17. The second-order valence-corrected chi connectivity index (χ2v) is 4.73. The van der Waals surface area contributed by atoms with E-state index in [4.69, 9.17) is 11.0 Å². The van der Waals surface area contributed by atoms with Crippen LogP contribution in [-0.2, 0) is 0 Å². The molecule has 4 nitrogen and oxygen atoms in total. The zero-order valence-electron chi connectivity index (χ0n) is 11.8. The molecule has 0 bridgehead atoms. The lowest BCUT2D eigenvalue weighted by molar-refractivity contribution is 1.07. The molecule has 0 aliphatic heterocycles. The lowest BCUT2D eigenvalue weighted by atomic mass is 9.96. The van der Waals surface area contributed by atoms with E-state index in [9.17, 15) is 0 Å². The molecule has 0 fully saturated rings. The third-order valence-electron chi connectivity index (χ3n) is 3.42. The largest absolute Gasteiger partial charge is 0.369 e. The van der Waals surface area contributed by atoms with Gasteiger partial charge in [0.1, 0.15) is 0 Å². The highest BCUT2D eigenvalue weighted by Gasteiger charge is 2.12. The number of nitrogens with two attached hydrogens (primary N) is 1. The van der Waals surface area contributed by atoms with Gasteiger partial charge in [-0.25, -0.2) is 4.98 Å². The summed E-state index contributed by atoms with van der Waals surface area (Å²) in [7, 11) is 0. The Kier molecular flexibility index (Phi) is 3.71. The molecule has 3 aromatic rings. The highest BCUT2D eigenvalue weighted by molar-refractivity contribution is 5.85. The molecule has 0 spiro atoms. The Balaban J connectivity index is 2.21. The summed E-state index contributed by atoms with van der Waals surface area (Å²) >= 11 is 0. The molecular weight excluding hydrogens is 272 g/mol. The Hall–Kier alpha value is -3.32. The number of imidazole rings is 1. The van der Waals surface area contributed by atoms with Crippen molar-refractivity contribution >= 4 is 11.5 Å². The van der Waals surface area contributed by atoms with Crippen molar-refractivity contribution in [3.8, 4) is 11.8 Å². The van der Waals surface area contributed by atoms with Gasteiger partial charge >= 0.3 is 0 Å². The number of hydrogen-bond donors (Lipinski definition) is 1. The van der Waals surface area contributed by atoms with Gasteiger partial charge in [0.15, 0.2) is 0 Å². The molecule has 0 radical (unpaired) electrons. The van der Waals surface area contributed by atoms with E-state index in [0.29, 0.717) is 5.95 Å². The first-order valence-corrected chi connectivity index (χ1v) is 6.85. The van der Waals surface area contributed by atoms with Crippen LogP contribution in [0.2, 0.25) is 0 Å². The molecule has 0 unspecified atom stereocenters. The van der Waals surface area contributed by atoms with Crippen LogP contribution >= 0.6 is 0 Å². The second-order valence-electron chi connectivity index (χ2n) is 4.73. The highest BCUT2D eigenvalue weighted by atomic mass is 15.1. The fourth-order valence-electron chi connectivity index (χ4n) is 2.43. The van der Waals surface area contributed by atoms with E-state index >= 15 is 0 Å². The predicted molar refractivity (Wildman–Crippen MR) is 87.1 cm³/mol. The Morgan fingerprint density at radius 1 is 1.09 bits per heavy atom. The van der Waals surface area contributed by atoms with Crippen LogP contribution in [0, 0.1) is 11.3 Å². The van der Waals surface area contributed by atoms with E-state index in [-0.39, 0.29) is 0 Å². The number of rotatable bonds is 3. The van der Waals surface area contributed by atoms with E-state index in [2.05, 4.69) is 11.1 Å². The number of allylic oxidation sites excluding steroid dienone is 1. The van der Waals surface area contributed by atoms with Gasteiger partial charge in [0.2, 0.25) is 5.95 Å². The Labute approximate surface area is 128 Å². The number of anilines is 1. The minimum absolute atomic E-state index is 0.414. The SMILES string of the molecule is N#CC=C(c1ccccc1)c1ccccc1-n1ccnc1N. The van der Waals surface area contributed by atoms with Crippen LogP contribution in [0.15, 0.2) is 73.1 Å². The monoisotopic (exact) mass is 286 g/mol. The summed E-state index contributed by atoms with van der Waals surface area (Å²) in [5.41, 5.74) is 9.58. The van der Waals surface area contributed by atoms with Crippen LogP contribution < -0.4 is 5.73 Å². The van der Waals surface area contributed by atoms with Crippen molar-refractivity contribution < 1.29 is 0 Å². The van der Waals surface area contributed by atoms with Crippen molar-refractivity contribution in [1.82, 2.24) is 9.55 Å². The minimum Gasteiger partial charge on any atom is -0.369 e. The number of hydrogen-bond acceptors (Lipinski definition) is 3. The van der Waals surface area contributed by atoms with Crippen LogP contribution in [0.25, 0.3) is 11.3 Å². The molecule has 1 aromatic heterocycles. The first-order chi connectivity index (χ1) is 10.8. The average Bonchev–Trinajstić information content (AvgIpc) is 2.99. The van der Waals surface area contributed by atoms with Crippen LogP contribution in [0.3, 0.4) is 0 Å². The van der Waals surface area contributed by atoms with E-state index in [1.54, 1.807) is 12.3 Å². The minimum atomic E-state index is 0.414. The number of benzene rings is 2. The van der Waals surface area contributed by atoms with Gasteiger partial charge in [0.25, 0.3) is 0 Å². The van der Waals surface area contributed by atoms with Crippen molar-refractivity contribution in [2.75, 3.05) is 5.73 Å². The zero-order chi connectivity index (χ0) is 15.4. The van der Waals surface area contributed by atoms with E-state index in [0.717, 1.165) is 22.4 Å². The van der Waals surface area contributed by atoms with E-state index in [1.807, 2.05) is 65.4 Å². The van der Waals surface area contributed by atoms with Crippen molar-refractivity contribution in [3.05, 3.63) is 84.2 Å². The number of aromatic nitrogens is 2. The summed E-state index contributed by atoms with van der Waals surface area (Å²) in [5, 5.41) is 9.17. The summed E-state index contributed by atoms with van der Waals surface area (Å²) < 4.78 is 1.81.